The summed E-state index contributed by atoms with van der Waals surface area (Å²) in [5.41, 5.74) is 3.03. The molecule has 98 valence electrons. The summed E-state index contributed by atoms with van der Waals surface area (Å²) >= 11 is 0. The summed E-state index contributed by atoms with van der Waals surface area (Å²) in [6.45, 7) is 2.09. The van der Waals surface area contributed by atoms with E-state index in [1.54, 1.807) is 16.4 Å². The molecule has 0 amide bonds. The van der Waals surface area contributed by atoms with Crippen molar-refractivity contribution in [2.45, 2.75) is 30.7 Å². The minimum absolute atomic E-state index is 0.0128. The van der Waals surface area contributed by atoms with Crippen LogP contribution >= 0.6 is 0 Å². The van der Waals surface area contributed by atoms with Crippen molar-refractivity contribution in [3.8, 4) is 0 Å². The highest BCUT2D eigenvalue weighted by Crippen LogP contribution is 2.51. The van der Waals surface area contributed by atoms with Gasteiger partial charge in [0.1, 0.15) is 0 Å². The van der Waals surface area contributed by atoms with Crippen LogP contribution in [0.5, 0.6) is 0 Å². The second-order valence-electron chi connectivity index (χ2n) is 5.43. The molecule has 0 bridgehead atoms. The van der Waals surface area contributed by atoms with Crippen LogP contribution in [0.4, 0.5) is 0 Å². The van der Waals surface area contributed by atoms with E-state index in [2.05, 4.69) is 19.1 Å². The van der Waals surface area contributed by atoms with E-state index in [0.29, 0.717) is 10.8 Å². The number of allylic oxidation sites excluding steroid dienone is 1. The standard InChI is InChI=1S/C15H15NO2S/c1-10-11-6-2-4-8-13(11)16-15(10)12-7-3-5-9-14(12)19(16,17)18/h3-5,7-9,11,13H,2,6H2,1H3/t11-,13-/m0/s1. The van der Waals surface area contributed by atoms with Crippen molar-refractivity contribution < 1.29 is 8.42 Å². The molecule has 1 aromatic carbocycles. The number of rotatable bonds is 0. The molecule has 0 aromatic heterocycles. The fourth-order valence-electron chi connectivity index (χ4n) is 3.63. The molecule has 2 atom stereocenters. The van der Waals surface area contributed by atoms with Gasteiger partial charge in [0.15, 0.2) is 0 Å². The van der Waals surface area contributed by atoms with Crippen molar-refractivity contribution in [3.05, 3.63) is 47.6 Å². The molecule has 0 fully saturated rings. The zero-order valence-corrected chi connectivity index (χ0v) is 11.5. The van der Waals surface area contributed by atoms with Crippen molar-refractivity contribution in [2.75, 3.05) is 0 Å². The van der Waals surface area contributed by atoms with Gasteiger partial charge in [0, 0.05) is 11.5 Å². The Morgan fingerprint density at radius 1 is 1.26 bits per heavy atom. The summed E-state index contributed by atoms with van der Waals surface area (Å²) in [5, 5.41) is 0. The van der Waals surface area contributed by atoms with E-state index in [-0.39, 0.29) is 6.04 Å². The Labute approximate surface area is 113 Å². The van der Waals surface area contributed by atoms with Crippen molar-refractivity contribution in [1.29, 1.82) is 0 Å². The number of nitrogens with zero attached hydrogens (tertiary/aromatic N) is 1. The number of fused-ring (bicyclic) bond motifs is 5. The molecule has 19 heavy (non-hydrogen) atoms. The first kappa shape index (κ1) is 11.3. The second-order valence-corrected chi connectivity index (χ2v) is 7.21. The van der Waals surface area contributed by atoms with Crippen LogP contribution in [0.25, 0.3) is 5.70 Å². The number of benzene rings is 1. The van der Waals surface area contributed by atoms with Gasteiger partial charge in [-0.1, -0.05) is 30.4 Å². The minimum atomic E-state index is -3.36. The SMILES string of the molecule is CC1=C2c3ccccc3S(=O)(=O)N2[C@H]2C=CCC[C@@H]12. The third-order valence-electron chi connectivity index (χ3n) is 4.49. The molecule has 0 saturated carbocycles. The molecule has 3 nitrogen and oxygen atoms in total. The van der Waals surface area contributed by atoms with Gasteiger partial charge in [-0.2, -0.15) is 0 Å². The molecular formula is C15H15NO2S. The molecule has 0 N–H and O–H groups in total. The molecule has 1 aromatic rings. The molecule has 0 saturated heterocycles. The zero-order chi connectivity index (χ0) is 13.2. The highest BCUT2D eigenvalue weighted by molar-refractivity contribution is 7.90. The van der Waals surface area contributed by atoms with E-state index in [1.165, 1.54) is 5.57 Å². The van der Waals surface area contributed by atoms with E-state index in [1.807, 2.05) is 12.1 Å². The fraction of sp³-hybridized carbons (Fsp3) is 0.333. The summed E-state index contributed by atoms with van der Waals surface area (Å²) in [6, 6.07) is 7.33. The number of sulfonamides is 1. The molecule has 0 radical (unpaired) electrons. The van der Waals surface area contributed by atoms with Gasteiger partial charge in [-0.25, -0.2) is 8.42 Å². The normalized spacial score (nSPS) is 30.3. The predicted molar refractivity (Wildman–Crippen MR) is 73.7 cm³/mol. The van der Waals surface area contributed by atoms with Gasteiger partial charge >= 0.3 is 0 Å². The molecule has 2 heterocycles. The lowest BCUT2D eigenvalue weighted by Gasteiger charge is -2.28. The Balaban J connectivity index is 2.04. The lowest BCUT2D eigenvalue weighted by Crippen LogP contribution is -2.35. The Bertz CT molecular complexity index is 730. The van der Waals surface area contributed by atoms with Crippen LogP contribution in [0.3, 0.4) is 0 Å². The minimum Gasteiger partial charge on any atom is -0.258 e. The quantitative estimate of drug-likeness (QED) is 0.682. The van der Waals surface area contributed by atoms with Gasteiger partial charge in [0.25, 0.3) is 10.0 Å². The van der Waals surface area contributed by atoms with Crippen molar-refractivity contribution >= 4 is 15.7 Å². The van der Waals surface area contributed by atoms with E-state index in [9.17, 15) is 8.42 Å². The van der Waals surface area contributed by atoms with Crippen LogP contribution in [-0.2, 0) is 10.0 Å². The van der Waals surface area contributed by atoms with Gasteiger partial charge in [-0.15, -0.1) is 0 Å². The van der Waals surface area contributed by atoms with Crippen molar-refractivity contribution in [3.63, 3.8) is 0 Å². The topological polar surface area (TPSA) is 37.4 Å². The maximum atomic E-state index is 12.7. The molecule has 1 aliphatic carbocycles. The Hall–Kier alpha value is -1.55. The lowest BCUT2D eigenvalue weighted by molar-refractivity contribution is 0.393. The highest BCUT2D eigenvalue weighted by atomic mass is 32.2. The zero-order valence-electron chi connectivity index (χ0n) is 10.7. The van der Waals surface area contributed by atoms with Gasteiger partial charge in [-0.05, 0) is 31.4 Å². The molecule has 4 rings (SSSR count). The third kappa shape index (κ3) is 1.25. The molecule has 4 heteroatoms. The van der Waals surface area contributed by atoms with Crippen LogP contribution in [0, 0.1) is 5.92 Å². The Kier molecular flexibility index (Phi) is 2.09. The molecule has 0 spiro atoms. The average molecular weight is 273 g/mol. The monoisotopic (exact) mass is 273 g/mol. The Morgan fingerprint density at radius 2 is 2.05 bits per heavy atom. The van der Waals surface area contributed by atoms with Gasteiger partial charge in [0.2, 0.25) is 0 Å². The predicted octanol–water partition coefficient (Wildman–Crippen LogP) is 2.77. The average Bonchev–Trinajstić information content (AvgIpc) is 2.85. The van der Waals surface area contributed by atoms with Crippen LogP contribution in [-0.4, -0.2) is 18.8 Å². The first-order valence-corrected chi connectivity index (χ1v) is 8.07. The molecular weight excluding hydrogens is 258 g/mol. The fourth-order valence-corrected chi connectivity index (χ4v) is 5.56. The second kappa shape index (κ2) is 3.51. The molecule has 2 aliphatic heterocycles. The number of hydrogen-bond acceptors (Lipinski definition) is 2. The van der Waals surface area contributed by atoms with Crippen LogP contribution in [0.1, 0.15) is 25.3 Å². The van der Waals surface area contributed by atoms with Gasteiger partial charge in [0.05, 0.1) is 16.6 Å². The first-order valence-electron chi connectivity index (χ1n) is 6.63. The highest BCUT2D eigenvalue weighted by Gasteiger charge is 2.50. The molecule has 3 aliphatic rings. The van der Waals surface area contributed by atoms with E-state index in [0.717, 1.165) is 24.1 Å². The first-order chi connectivity index (χ1) is 9.12. The summed E-state index contributed by atoms with van der Waals surface area (Å²) in [4.78, 5) is 0.460. The van der Waals surface area contributed by atoms with Crippen molar-refractivity contribution in [2.24, 2.45) is 5.92 Å². The summed E-state index contributed by atoms with van der Waals surface area (Å²) in [6.07, 6.45) is 6.26. The van der Waals surface area contributed by atoms with Crippen LogP contribution in [0.15, 0.2) is 46.9 Å². The maximum absolute atomic E-state index is 12.7. The third-order valence-corrected chi connectivity index (χ3v) is 6.35. The van der Waals surface area contributed by atoms with Gasteiger partial charge < -0.3 is 0 Å². The summed E-state index contributed by atoms with van der Waals surface area (Å²) in [7, 11) is -3.36. The Morgan fingerprint density at radius 3 is 2.89 bits per heavy atom. The smallest absolute Gasteiger partial charge is 0.258 e. The maximum Gasteiger partial charge on any atom is 0.265 e. The molecule has 0 unspecified atom stereocenters. The van der Waals surface area contributed by atoms with Crippen LogP contribution < -0.4 is 0 Å². The van der Waals surface area contributed by atoms with E-state index in [4.69, 9.17) is 0 Å². The van der Waals surface area contributed by atoms with Crippen molar-refractivity contribution in [1.82, 2.24) is 4.31 Å². The summed E-state index contributed by atoms with van der Waals surface area (Å²) < 4.78 is 27.1. The summed E-state index contributed by atoms with van der Waals surface area (Å²) in [5.74, 6) is 0.350. The largest absolute Gasteiger partial charge is 0.265 e. The van der Waals surface area contributed by atoms with E-state index < -0.39 is 10.0 Å². The van der Waals surface area contributed by atoms with Gasteiger partial charge in [-0.3, -0.25) is 4.31 Å². The lowest BCUT2D eigenvalue weighted by atomic mass is 9.86. The number of hydrogen-bond donors (Lipinski definition) is 0. The van der Waals surface area contributed by atoms with E-state index >= 15 is 0 Å². The van der Waals surface area contributed by atoms with Crippen LogP contribution in [0.2, 0.25) is 0 Å².